The summed E-state index contributed by atoms with van der Waals surface area (Å²) in [6, 6.07) is 5.33. The first-order valence-corrected chi connectivity index (χ1v) is 6.96. The Morgan fingerprint density at radius 3 is 3.00 bits per heavy atom. The average Bonchev–Trinajstić information content (AvgIpc) is 2.94. The van der Waals surface area contributed by atoms with Crippen LogP contribution in [0.1, 0.15) is 12.0 Å². The predicted octanol–water partition coefficient (Wildman–Crippen LogP) is 1.82. The number of nitrogens with one attached hydrogen (secondary N) is 1. The molecule has 0 aliphatic carbocycles. The zero-order chi connectivity index (χ0) is 14.5. The lowest BCUT2D eigenvalue weighted by molar-refractivity contribution is -0.141. The van der Waals surface area contributed by atoms with Gasteiger partial charge in [-0.25, -0.2) is 4.79 Å². The van der Waals surface area contributed by atoms with Crippen molar-refractivity contribution in [1.82, 2.24) is 5.32 Å². The zero-order valence-electron chi connectivity index (χ0n) is 10.7. The van der Waals surface area contributed by atoms with Crippen molar-refractivity contribution in [3.8, 4) is 0 Å². The quantitative estimate of drug-likeness (QED) is 0.496. The first-order valence-electron chi connectivity index (χ1n) is 6.17. The predicted molar refractivity (Wildman–Crippen MR) is 75.8 cm³/mol. The van der Waals surface area contributed by atoms with E-state index in [0.717, 1.165) is 10.0 Å². The Morgan fingerprint density at radius 1 is 1.50 bits per heavy atom. The molecule has 0 bridgehead atoms. The number of anilines is 1. The number of nitrogens with two attached hydrogens (primary N) is 1. The van der Waals surface area contributed by atoms with Crippen LogP contribution >= 0.6 is 15.9 Å². The van der Waals surface area contributed by atoms with Crippen LogP contribution in [0.15, 0.2) is 22.7 Å². The van der Waals surface area contributed by atoms with Gasteiger partial charge in [-0.05, 0) is 30.2 Å². The number of ether oxygens (including phenoxy) is 2. The zero-order valence-corrected chi connectivity index (χ0v) is 12.3. The number of nitrogen functional groups attached to an aromatic ring is 1. The van der Waals surface area contributed by atoms with Crippen LogP contribution in [0, 0.1) is 5.92 Å². The highest BCUT2D eigenvalue weighted by Crippen LogP contribution is 2.18. The maximum absolute atomic E-state index is 11.6. The van der Waals surface area contributed by atoms with Crippen molar-refractivity contribution in [2.24, 2.45) is 5.92 Å². The van der Waals surface area contributed by atoms with Crippen LogP contribution in [-0.4, -0.2) is 25.3 Å². The Labute approximate surface area is 124 Å². The standard InChI is InChI=1S/C13H15BrN2O4/c14-10-1-2-11(15)9(5-10)6-16-13(18)20-12(17)8-3-4-19-7-8/h1-2,5,8H,3-4,6-7,15H2,(H,16,18). The lowest BCUT2D eigenvalue weighted by Gasteiger charge is -2.10. The monoisotopic (exact) mass is 342 g/mol. The second-order valence-corrected chi connectivity index (χ2v) is 5.38. The van der Waals surface area contributed by atoms with Crippen molar-refractivity contribution in [3.05, 3.63) is 28.2 Å². The smallest absolute Gasteiger partial charge is 0.398 e. The number of carbonyl (C=O) groups excluding carboxylic acids is 2. The number of halogens is 1. The third kappa shape index (κ3) is 3.94. The fraction of sp³-hybridized carbons (Fsp3) is 0.385. The van der Waals surface area contributed by atoms with E-state index in [4.69, 9.17) is 15.2 Å². The first kappa shape index (κ1) is 14.8. The summed E-state index contributed by atoms with van der Waals surface area (Å²) < 4.78 is 10.6. The van der Waals surface area contributed by atoms with Gasteiger partial charge in [0, 0.05) is 23.3 Å². The minimum absolute atomic E-state index is 0.193. The van der Waals surface area contributed by atoms with E-state index in [1.54, 1.807) is 18.2 Å². The minimum Gasteiger partial charge on any atom is -0.398 e. The summed E-state index contributed by atoms with van der Waals surface area (Å²) in [6.45, 7) is 1.03. The summed E-state index contributed by atoms with van der Waals surface area (Å²) >= 11 is 3.32. The number of hydrogen-bond acceptors (Lipinski definition) is 5. The van der Waals surface area contributed by atoms with Gasteiger partial charge in [-0.2, -0.15) is 0 Å². The van der Waals surface area contributed by atoms with Gasteiger partial charge in [0.2, 0.25) is 0 Å². The number of rotatable bonds is 3. The van der Waals surface area contributed by atoms with E-state index in [1.165, 1.54) is 0 Å². The Bertz CT molecular complexity index is 515. The SMILES string of the molecule is Nc1ccc(Br)cc1CNC(=O)OC(=O)C1CCOC1. The molecule has 7 heteroatoms. The van der Waals surface area contributed by atoms with Gasteiger partial charge in [-0.15, -0.1) is 0 Å². The number of amides is 1. The summed E-state index contributed by atoms with van der Waals surface area (Å²) in [5.41, 5.74) is 7.08. The lowest BCUT2D eigenvalue weighted by atomic mass is 10.1. The van der Waals surface area contributed by atoms with Crippen LogP contribution in [-0.2, 0) is 20.8 Å². The van der Waals surface area contributed by atoms with Crippen molar-refractivity contribution in [2.75, 3.05) is 18.9 Å². The van der Waals surface area contributed by atoms with E-state index >= 15 is 0 Å². The van der Waals surface area contributed by atoms with Crippen LogP contribution in [0.5, 0.6) is 0 Å². The molecule has 1 atom stereocenters. The number of carbonyl (C=O) groups is 2. The molecule has 0 spiro atoms. The molecule has 1 amide bonds. The summed E-state index contributed by atoms with van der Waals surface area (Å²) in [5, 5.41) is 2.50. The second kappa shape index (κ2) is 6.71. The maximum atomic E-state index is 11.6. The van der Waals surface area contributed by atoms with E-state index < -0.39 is 12.1 Å². The summed E-state index contributed by atoms with van der Waals surface area (Å²) in [7, 11) is 0. The van der Waals surface area contributed by atoms with Crippen LogP contribution in [0.25, 0.3) is 0 Å². The summed E-state index contributed by atoms with van der Waals surface area (Å²) in [4.78, 5) is 23.1. The maximum Gasteiger partial charge on any atom is 0.415 e. The Morgan fingerprint density at radius 2 is 2.30 bits per heavy atom. The van der Waals surface area contributed by atoms with E-state index in [0.29, 0.717) is 25.3 Å². The molecule has 0 aromatic heterocycles. The van der Waals surface area contributed by atoms with E-state index in [9.17, 15) is 9.59 Å². The van der Waals surface area contributed by atoms with Crippen molar-refractivity contribution in [2.45, 2.75) is 13.0 Å². The molecule has 1 unspecified atom stereocenters. The molecule has 1 heterocycles. The first-order chi connectivity index (χ1) is 9.56. The fourth-order valence-corrected chi connectivity index (χ4v) is 2.23. The van der Waals surface area contributed by atoms with Crippen LogP contribution in [0.3, 0.4) is 0 Å². The van der Waals surface area contributed by atoms with Gasteiger partial charge >= 0.3 is 12.1 Å². The number of benzene rings is 1. The van der Waals surface area contributed by atoms with Crippen molar-refractivity contribution < 1.29 is 19.1 Å². The third-order valence-corrected chi connectivity index (χ3v) is 3.48. The molecule has 2 rings (SSSR count). The number of alkyl carbamates (subject to hydrolysis) is 1. The Balaban J connectivity index is 1.82. The van der Waals surface area contributed by atoms with Gasteiger partial charge in [0.1, 0.15) is 0 Å². The molecule has 0 saturated carbocycles. The highest BCUT2D eigenvalue weighted by atomic mass is 79.9. The van der Waals surface area contributed by atoms with Gasteiger partial charge in [0.15, 0.2) is 0 Å². The molecular weight excluding hydrogens is 328 g/mol. The molecule has 1 aliphatic heterocycles. The topological polar surface area (TPSA) is 90.6 Å². The number of hydrogen-bond donors (Lipinski definition) is 2. The van der Waals surface area contributed by atoms with Crippen molar-refractivity contribution in [3.63, 3.8) is 0 Å². The molecule has 1 fully saturated rings. The molecule has 0 radical (unpaired) electrons. The minimum atomic E-state index is -0.777. The number of esters is 1. The van der Waals surface area contributed by atoms with Crippen molar-refractivity contribution in [1.29, 1.82) is 0 Å². The molecule has 1 aromatic rings. The molecule has 20 heavy (non-hydrogen) atoms. The molecule has 1 aromatic carbocycles. The molecule has 3 N–H and O–H groups in total. The van der Waals surface area contributed by atoms with Crippen LogP contribution in [0.4, 0.5) is 10.5 Å². The van der Waals surface area contributed by atoms with Gasteiger partial charge < -0.3 is 20.5 Å². The Hall–Kier alpha value is -1.60. The molecule has 1 saturated heterocycles. The molecule has 108 valence electrons. The van der Waals surface area contributed by atoms with Gasteiger partial charge in [0.25, 0.3) is 0 Å². The largest absolute Gasteiger partial charge is 0.415 e. The molecular formula is C13H15BrN2O4. The van der Waals surface area contributed by atoms with E-state index in [2.05, 4.69) is 21.2 Å². The Kier molecular flexibility index (Phi) is 4.97. The van der Waals surface area contributed by atoms with E-state index in [-0.39, 0.29) is 12.5 Å². The average molecular weight is 343 g/mol. The van der Waals surface area contributed by atoms with Gasteiger partial charge in [0.05, 0.1) is 12.5 Å². The van der Waals surface area contributed by atoms with Crippen molar-refractivity contribution >= 4 is 33.7 Å². The highest BCUT2D eigenvalue weighted by Gasteiger charge is 2.26. The normalized spacial score (nSPS) is 17.8. The second-order valence-electron chi connectivity index (χ2n) is 4.47. The lowest BCUT2D eigenvalue weighted by Crippen LogP contribution is -2.30. The fourth-order valence-electron chi connectivity index (χ4n) is 1.83. The summed E-state index contributed by atoms with van der Waals surface area (Å²) in [5.74, 6) is -0.904. The summed E-state index contributed by atoms with van der Waals surface area (Å²) in [6.07, 6.45) is -0.189. The van der Waals surface area contributed by atoms with E-state index in [1.807, 2.05) is 0 Å². The molecule has 6 nitrogen and oxygen atoms in total. The van der Waals surface area contributed by atoms with Crippen LogP contribution < -0.4 is 11.1 Å². The molecule has 1 aliphatic rings. The van der Waals surface area contributed by atoms with Gasteiger partial charge in [-0.1, -0.05) is 15.9 Å². The van der Waals surface area contributed by atoms with Gasteiger partial charge in [-0.3, -0.25) is 4.79 Å². The third-order valence-electron chi connectivity index (χ3n) is 2.98. The highest BCUT2D eigenvalue weighted by molar-refractivity contribution is 9.10. The van der Waals surface area contributed by atoms with Crippen LogP contribution in [0.2, 0.25) is 0 Å².